The Bertz CT molecular complexity index is 2490. The number of rotatable bonds is 17. The number of ketones is 3. The van der Waals surface area contributed by atoms with E-state index < -0.39 is 18.3 Å². The van der Waals surface area contributed by atoms with Crippen LogP contribution in [-0.4, -0.2) is 83.5 Å². The second kappa shape index (κ2) is 18.3. The number of carbonyl (C=O) groups excluding carboxylic acids is 3. The van der Waals surface area contributed by atoms with Gasteiger partial charge in [-0.15, -0.1) is 0 Å². The van der Waals surface area contributed by atoms with Gasteiger partial charge in [-0.2, -0.15) is 5.10 Å². The van der Waals surface area contributed by atoms with Gasteiger partial charge in [0.1, 0.15) is 23.4 Å². The first kappa shape index (κ1) is 42.2. The van der Waals surface area contributed by atoms with E-state index in [1.807, 2.05) is 24.3 Å². The maximum Gasteiger partial charge on any atom is 0.329 e. The van der Waals surface area contributed by atoms with Crippen molar-refractivity contribution in [3.8, 4) is 11.5 Å². The zero-order valence-electron chi connectivity index (χ0n) is 35.4. The number of nitrogens with zero attached hydrogens (tertiary/aromatic N) is 7. The van der Waals surface area contributed by atoms with Gasteiger partial charge in [-0.1, -0.05) is 25.0 Å². The van der Waals surface area contributed by atoms with Crippen LogP contribution in [0.15, 0.2) is 58.2 Å². The van der Waals surface area contributed by atoms with Crippen molar-refractivity contribution in [2.24, 2.45) is 18.9 Å². The number of hydrogen-bond donors (Lipinski definition) is 0. The molecule has 15 heteroatoms. The lowest BCUT2D eigenvalue weighted by molar-refractivity contribution is -0.132. The molecule has 0 N–H and O–H groups in total. The number of likely N-dealkylation sites (tertiary alicyclic amines) is 1. The first-order chi connectivity index (χ1) is 30.1. The maximum absolute atomic E-state index is 14.2. The van der Waals surface area contributed by atoms with E-state index in [1.54, 1.807) is 39.3 Å². The average molecular weight is 852 g/mol. The van der Waals surface area contributed by atoms with E-state index in [2.05, 4.69) is 20.0 Å². The van der Waals surface area contributed by atoms with Gasteiger partial charge in [0.05, 0.1) is 35.6 Å². The van der Waals surface area contributed by atoms with Crippen molar-refractivity contribution >= 4 is 28.4 Å². The molecule has 3 saturated carbocycles. The van der Waals surface area contributed by atoms with E-state index in [0.717, 1.165) is 111 Å². The summed E-state index contributed by atoms with van der Waals surface area (Å²) in [6, 6.07) is 8.95. The second-order valence-corrected chi connectivity index (χ2v) is 18.0. The van der Waals surface area contributed by atoms with Gasteiger partial charge >= 0.3 is 5.69 Å². The lowest BCUT2D eigenvalue weighted by atomic mass is 9.86. The van der Waals surface area contributed by atoms with E-state index >= 15 is 0 Å². The van der Waals surface area contributed by atoms with Crippen LogP contribution in [0.5, 0.6) is 0 Å². The molecule has 9 rings (SSSR count). The SMILES string of the molecule is Cn1c(=O)n(C2CCC(=O)CC2=O)c2cccc(CCCO[C@@H]3CCN(CC4CCC(n5cc(CC(=O)c6coc(-c7ccnc(CCC8CC8)c7)n6)c(C(F)F)n5)CC4)C3)c21. The third kappa shape index (κ3) is 9.29. The summed E-state index contributed by atoms with van der Waals surface area (Å²) in [7, 11) is 1.74. The number of aromatic nitrogens is 6. The third-order valence-electron chi connectivity index (χ3n) is 13.6. The molecule has 0 amide bonds. The fraction of sp³-hybridized carbons (Fsp3) is 0.553. The molecule has 0 radical (unpaired) electrons. The number of para-hydroxylation sites is 1. The Hall–Kier alpha value is -5.15. The Kier molecular flexibility index (Phi) is 12.4. The van der Waals surface area contributed by atoms with Gasteiger partial charge in [-0.3, -0.25) is 33.2 Å². The molecule has 4 aromatic heterocycles. The molecular weight excluding hydrogens is 797 g/mol. The van der Waals surface area contributed by atoms with Crippen LogP contribution < -0.4 is 5.69 Å². The van der Waals surface area contributed by atoms with Crippen molar-refractivity contribution in [3.05, 3.63) is 87.7 Å². The van der Waals surface area contributed by atoms with Gasteiger partial charge in [0, 0.05) is 75.3 Å². The molecule has 328 valence electrons. The Morgan fingerprint density at radius 3 is 2.60 bits per heavy atom. The predicted molar refractivity (Wildman–Crippen MR) is 226 cm³/mol. The van der Waals surface area contributed by atoms with Gasteiger partial charge < -0.3 is 14.1 Å². The van der Waals surface area contributed by atoms with E-state index in [4.69, 9.17) is 9.15 Å². The fourth-order valence-corrected chi connectivity index (χ4v) is 9.98. The molecule has 5 aromatic rings. The summed E-state index contributed by atoms with van der Waals surface area (Å²) in [5.41, 5.74) is 4.02. The van der Waals surface area contributed by atoms with E-state index in [0.29, 0.717) is 31.3 Å². The first-order valence-electron chi connectivity index (χ1n) is 22.4. The van der Waals surface area contributed by atoms with Gasteiger partial charge in [0.2, 0.25) is 5.89 Å². The minimum Gasteiger partial charge on any atom is -0.444 e. The Balaban J connectivity index is 0.728. The van der Waals surface area contributed by atoms with Crippen LogP contribution in [0.3, 0.4) is 0 Å². The number of halogens is 2. The van der Waals surface area contributed by atoms with Crippen LogP contribution >= 0.6 is 0 Å². The molecule has 1 unspecified atom stereocenters. The van der Waals surface area contributed by atoms with Crippen LogP contribution in [0.25, 0.3) is 22.5 Å². The van der Waals surface area contributed by atoms with Crippen molar-refractivity contribution in [2.75, 3.05) is 26.2 Å². The second-order valence-electron chi connectivity index (χ2n) is 18.0. The smallest absolute Gasteiger partial charge is 0.329 e. The molecule has 1 aliphatic heterocycles. The van der Waals surface area contributed by atoms with Crippen LogP contribution in [0.1, 0.15) is 129 Å². The number of imidazole rings is 1. The van der Waals surface area contributed by atoms with Crippen molar-refractivity contribution in [2.45, 2.75) is 121 Å². The third-order valence-corrected chi connectivity index (χ3v) is 13.6. The summed E-state index contributed by atoms with van der Waals surface area (Å²) < 4.78 is 45.3. The maximum atomic E-state index is 14.2. The molecule has 0 spiro atoms. The topological polar surface area (TPSA) is 147 Å². The zero-order valence-corrected chi connectivity index (χ0v) is 35.4. The van der Waals surface area contributed by atoms with Crippen LogP contribution in [-0.2, 0) is 40.6 Å². The number of hydrogen-bond acceptors (Lipinski definition) is 10. The fourth-order valence-electron chi connectivity index (χ4n) is 9.98. The van der Waals surface area contributed by atoms with Crippen molar-refractivity contribution < 1.29 is 32.3 Å². The molecule has 2 atom stereocenters. The lowest BCUT2D eigenvalue weighted by Crippen LogP contribution is -2.34. The average Bonchev–Trinajstić information content (AvgIpc) is 3.55. The highest BCUT2D eigenvalue weighted by Crippen LogP contribution is 2.36. The van der Waals surface area contributed by atoms with Gasteiger partial charge in [0.15, 0.2) is 11.6 Å². The van der Waals surface area contributed by atoms with Crippen molar-refractivity contribution in [1.82, 2.24) is 33.8 Å². The van der Waals surface area contributed by atoms with Gasteiger partial charge in [-0.05, 0) is 99.8 Å². The molecular formula is C47H55F2N7O6. The zero-order chi connectivity index (χ0) is 42.9. The Morgan fingerprint density at radius 2 is 1.81 bits per heavy atom. The molecule has 62 heavy (non-hydrogen) atoms. The Morgan fingerprint density at radius 1 is 0.984 bits per heavy atom. The molecule has 4 aliphatic rings. The molecule has 1 saturated heterocycles. The summed E-state index contributed by atoms with van der Waals surface area (Å²) >= 11 is 0. The number of fused-ring (bicyclic) bond motifs is 1. The normalized spacial score (nSPS) is 22.4. The van der Waals surface area contributed by atoms with Crippen LogP contribution in [0, 0.1) is 11.8 Å². The summed E-state index contributed by atoms with van der Waals surface area (Å²) in [6.45, 7) is 3.41. The summed E-state index contributed by atoms with van der Waals surface area (Å²) in [5, 5.41) is 4.32. The summed E-state index contributed by atoms with van der Waals surface area (Å²) in [6.07, 6.45) is 12.9. The number of aryl methyl sites for hydroxylation is 3. The number of benzene rings is 1. The summed E-state index contributed by atoms with van der Waals surface area (Å²) in [4.78, 5) is 62.5. The van der Waals surface area contributed by atoms with E-state index in [1.165, 1.54) is 19.1 Å². The number of Topliss-reactive ketones (excluding diaryl/α,β-unsaturated/α-hetero) is 3. The van der Waals surface area contributed by atoms with Crippen molar-refractivity contribution in [1.29, 1.82) is 0 Å². The first-order valence-corrected chi connectivity index (χ1v) is 22.4. The monoisotopic (exact) mass is 851 g/mol. The number of ether oxygens (including phenoxy) is 1. The lowest BCUT2D eigenvalue weighted by Gasteiger charge is -2.31. The minimum atomic E-state index is -2.80. The highest BCUT2D eigenvalue weighted by molar-refractivity contribution is 6.03. The largest absolute Gasteiger partial charge is 0.444 e. The number of pyridine rings is 1. The number of oxazole rings is 1. The van der Waals surface area contributed by atoms with Crippen molar-refractivity contribution in [3.63, 3.8) is 0 Å². The minimum absolute atomic E-state index is 0.00559. The molecule has 0 bridgehead atoms. The molecule has 3 aliphatic carbocycles. The molecule has 1 aromatic carbocycles. The highest BCUT2D eigenvalue weighted by atomic mass is 19.3. The summed E-state index contributed by atoms with van der Waals surface area (Å²) in [5.74, 6) is 0.941. The Labute approximate surface area is 358 Å². The van der Waals surface area contributed by atoms with Gasteiger partial charge in [-0.25, -0.2) is 18.6 Å². The quantitative estimate of drug-likeness (QED) is 0.0520. The molecule has 13 nitrogen and oxygen atoms in total. The highest BCUT2D eigenvalue weighted by Gasteiger charge is 2.33. The number of alkyl halides is 2. The van der Waals surface area contributed by atoms with Crippen LogP contribution in [0.2, 0.25) is 0 Å². The molecule has 4 fully saturated rings. The van der Waals surface area contributed by atoms with E-state index in [9.17, 15) is 28.0 Å². The van der Waals surface area contributed by atoms with Gasteiger partial charge in [0.25, 0.3) is 6.43 Å². The van der Waals surface area contributed by atoms with E-state index in [-0.39, 0.29) is 59.2 Å². The predicted octanol–water partition coefficient (Wildman–Crippen LogP) is 7.61. The standard InChI is InChI=1S/C47H55F2N7O6/c1-53-44-31(4-2-6-40(44)56(47(53)60)39-16-15-36(57)24-42(39)59)5-3-21-61-37-18-20-54(27-37)25-30-10-13-35(14-11-30)55-26-33(43(52-55)45(48)49)23-41(58)38-28-62-46(51-38)32-17-19-50-34(22-32)12-9-29-7-8-29/h2,4,6,17,19,22,26,28-30,35,37,39,45H,3,5,7-16,18,20-21,23-25,27H2,1H3/t30?,35?,37-,39?/m1/s1. The number of carbonyl (C=O) groups is 3. The van der Waals surface area contributed by atoms with Crippen LogP contribution in [0.4, 0.5) is 8.78 Å². The molecule has 5 heterocycles.